The molecule has 0 fully saturated rings. The molecule has 4 rings (SSSR count). The van der Waals surface area contributed by atoms with Crippen LogP contribution in [-0.2, 0) is 6.42 Å². The third-order valence-corrected chi connectivity index (χ3v) is 4.61. The lowest BCUT2D eigenvalue weighted by Crippen LogP contribution is -2.34. The van der Waals surface area contributed by atoms with Gasteiger partial charge in [-0.2, -0.15) is 0 Å². The van der Waals surface area contributed by atoms with E-state index in [2.05, 4.69) is 15.3 Å². The van der Waals surface area contributed by atoms with E-state index in [1.54, 1.807) is 31.5 Å². The highest BCUT2D eigenvalue weighted by molar-refractivity contribution is 5.97. The lowest BCUT2D eigenvalue weighted by molar-refractivity contribution is 0.0940. The number of hydrogen-bond donors (Lipinski definition) is 1. The number of aromatic nitrogens is 2. The van der Waals surface area contributed by atoms with E-state index in [9.17, 15) is 4.79 Å². The van der Waals surface area contributed by atoms with Crippen LogP contribution in [0.25, 0.3) is 22.6 Å². The summed E-state index contributed by atoms with van der Waals surface area (Å²) in [5.74, 6) is 1.07. The number of carbonyl (C=O) groups excluding carboxylic acids is 1. The molecule has 2 aromatic heterocycles. The Morgan fingerprint density at radius 3 is 2.86 bits per heavy atom. The number of pyridine rings is 1. The average molecular weight is 387 g/mol. The number of benzene rings is 2. The standard InChI is InChI=1S/C23H21N3O3/c1-15(11-16-5-4-10-24-14-16)25-22(27)17-8-9-20-21(13-17)29-23(26-20)18-6-3-7-19(12-18)28-2/h3-10,12-15H,11H2,1-2H3,(H,25,27)/t15-/m1/s1. The van der Waals surface area contributed by atoms with Crippen LogP contribution < -0.4 is 10.1 Å². The van der Waals surface area contributed by atoms with Crippen molar-refractivity contribution >= 4 is 17.0 Å². The van der Waals surface area contributed by atoms with E-state index in [1.165, 1.54) is 0 Å². The largest absolute Gasteiger partial charge is 0.497 e. The summed E-state index contributed by atoms with van der Waals surface area (Å²) < 4.78 is 11.1. The zero-order chi connectivity index (χ0) is 20.2. The summed E-state index contributed by atoms with van der Waals surface area (Å²) in [4.78, 5) is 21.3. The Kier molecular flexibility index (Phi) is 5.24. The molecule has 0 saturated heterocycles. The van der Waals surface area contributed by atoms with Crippen LogP contribution in [0, 0.1) is 0 Å². The first kappa shape index (κ1) is 18.7. The highest BCUT2D eigenvalue weighted by Gasteiger charge is 2.14. The molecule has 2 aromatic carbocycles. The first-order valence-corrected chi connectivity index (χ1v) is 9.37. The van der Waals surface area contributed by atoms with Gasteiger partial charge in [-0.25, -0.2) is 4.98 Å². The number of nitrogens with one attached hydrogen (secondary N) is 1. The van der Waals surface area contributed by atoms with Gasteiger partial charge in [-0.05, 0) is 61.4 Å². The molecule has 0 spiro atoms. The molecule has 6 nitrogen and oxygen atoms in total. The number of oxazole rings is 1. The van der Waals surface area contributed by atoms with E-state index in [0.717, 1.165) is 16.9 Å². The summed E-state index contributed by atoms with van der Waals surface area (Å²) in [6.07, 6.45) is 4.26. The number of methoxy groups -OCH3 is 1. The number of ether oxygens (including phenoxy) is 1. The first-order chi connectivity index (χ1) is 14.1. The molecule has 1 N–H and O–H groups in total. The molecule has 4 aromatic rings. The second-order valence-corrected chi connectivity index (χ2v) is 6.87. The molecule has 146 valence electrons. The zero-order valence-corrected chi connectivity index (χ0v) is 16.3. The molecule has 0 radical (unpaired) electrons. The Bertz CT molecular complexity index is 1140. The molecule has 2 heterocycles. The van der Waals surface area contributed by atoms with Crippen molar-refractivity contribution in [1.82, 2.24) is 15.3 Å². The van der Waals surface area contributed by atoms with Crippen LogP contribution in [0.3, 0.4) is 0 Å². The normalized spacial score (nSPS) is 11.9. The number of fused-ring (bicyclic) bond motifs is 1. The lowest BCUT2D eigenvalue weighted by Gasteiger charge is -2.13. The first-order valence-electron chi connectivity index (χ1n) is 9.37. The van der Waals surface area contributed by atoms with E-state index < -0.39 is 0 Å². The third-order valence-electron chi connectivity index (χ3n) is 4.61. The van der Waals surface area contributed by atoms with Crippen molar-refractivity contribution in [3.8, 4) is 17.2 Å². The van der Waals surface area contributed by atoms with Gasteiger partial charge in [0, 0.05) is 29.6 Å². The van der Waals surface area contributed by atoms with Crippen molar-refractivity contribution in [3.63, 3.8) is 0 Å². The highest BCUT2D eigenvalue weighted by atomic mass is 16.5. The number of amides is 1. The molecule has 0 bridgehead atoms. The van der Waals surface area contributed by atoms with E-state index in [4.69, 9.17) is 9.15 Å². The Hall–Kier alpha value is -3.67. The SMILES string of the molecule is COc1cccc(-c2nc3ccc(C(=O)N[C@H](C)Cc4cccnc4)cc3o2)c1. The van der Waals surface area contributed by atoms with Gasteiger partial charge in [0.25, 0.3) is 5.91 Å². The van der Waals surface area contributed by atoms with Crippen LogP contribution >= 0.6 is 0 Å². The van der Waals surface area contributed by atoms with Crippen LogP contribution in [0.4, 0.5) is 0 Å². The molecule has 1 atom stereocenters. The lowest BCUT2D eigenvalue weighted by atomic mass is 10.1. The Morgan fingerprint density at radius 2 is 2.07 bits per heavy atom. The van der Waals surface area contributed by atoms with Gasteiger partial charge >= 0.3 is 0 Å². The minimum absolute atomic E-state index is 0.0236. The van der Waals surface area contributed by atoms with Gasteiger partial charge in [0.1, 0.15) is 11.3 Å². The number of hydrogen-bond acceptors (Lipinski definition) is 5. The average Bonchev–Trinajstić information content (AvgIpc) is 3.18. The van der Waals surface area contributed by atoms with E-state index in [0.29, 0.717) is 29.0 Å². The Morgan fingerprint density at radius 1 is 1.17 bits per heavy atom. The maximum absolute atomic E-state index is 12.6. The smallest absolute Gasteiger partial charge is 0.251 e. The van der Waals surface area contributed by atoms with Crippen molar-refractivity contribution in [1.29, 1.82) is 0 Å². The molecule has 0 saturated carbocycles. The number of rotatable bonds is 6. The predicted octanol–water partition coefficient (Wildman–Crippen LogP) is 4.26. The molecule has 1 amide bonds. The van der Waals surface area contributed by atoms with E-state index in [1.807, 2.05) is 49.5 Å². The fourth-order valence-electron chi connectivity index (χ4n) is 3.18. The predicted molar refractivity (Wildman–Crippen MR) is 111 cm³/mol. The fraction of sp³-hybridized carbons (Fsp3) is 0.174. The molecule has 0 unspecified atom stereocenters. The summed E-state index contributed by atoms with van der Waals surface area (Å²) in [6.45, 7) is 1.97. The molecular weight excluding hydrogens is 366 g/mol. The van der Waals surface area contributed by atoms with Crippen molar-refractivity contribution in [2.45, 2.75) is 19.4 Å². The fourth-order valence-corrected chi connectivity index (χ4v) is 3.18. The second kappa shape index (κ2) is 8.14. The molecule has 6 heteroatoms. The topological polar surface area (TPSA) is 77.2 Å². The summed E-state index contributed by atoms with van der Waals surface area (Å²) in [6, 6.07) is 16.6. The van der Waals surface area contributed by atoms with Crippen LogP contribution in [-0.4, -0.2) is 29.0 Å². The number of nitrogens with zero attached hydrogens (tertiary/aromatic N) is 2. The summed E-state index contributed by atoms with van der Waals surface area (Å²) in [5, 5.41) is 3.02. The molecular formula is C23H21N3O3. The van der Waals surface area contributed by atoms with Gasteiger partial charge in [0.2, 0.25) is 5.89 Å². The van der Waals surface area contributed by atoms with Gasteiger partial charge in [-0.1, -0.05) is 12.1 Å². The van der Waals surface area contributed by atoms with Gasteiger partial charge in [0.05, 0.1) is 7.11 Å². The third kappa shape index (κ3) is 4.27. The summed E-state index contributed by atoms with van der Waals surface area (Å²) >= 11 is 0. The van der Waals surface area contributed by atoms with Crippen molar-refractivity contribution in [2.75, 3.05) is 7.11 Å². The van der Waals surface area contributed by atoms with Gasteiger partial charge in [0.15, 0.2) is 5.58 Å². The van der Waals surface area contributed by atoms with Gasteiger partial charge in [-0.3, -0.25) is 9.78 Å². The Labute approximate surface area is 168 Å². The maximum atomic E-state index is 12.6. The van der Waals surface area contributed by atoms with E-state index in [-0.39, 0.29) is 11.9 Å². The van der Waals surface area contributed by atoms with Crippen molar-refractivity contribution in [3.05, 3.63) is 78.1 Å². The second-order valence-electron chi connectivity index (χ2n) is 6.87. The summed E-state index contributed by atoms with van der Waals surface area (Å²) in [7, 11) is 1.62. The molecule has 0 aliphatic carbocycles. The highest BCUT2D eigenvalue weighted by Crippen LogP contribution is 2.27. The van der Waals surface area contributed by atoms with Crippen molar-refractivity contribution in [2.24, 2.45) is 0 Å². The molecule has 0 aliphatic rings. The molecule has 29 heavy (non-hydrogen) atoms. The number of carbonyl (C=O) groups is 1. The minimum Gasteiger partial charge on any atom is -0.497 e. The minimum atomic E-state index is -0.150. The maximum Gasteiger partial charge on any atom is 0.251 e. The Balaban J connectivity index is 1.51. The van der Waals surface area contributed by atoms with Crippen LogP contribution in [0.1, 0.15) is 22.8 Å². The van der Waals surface area contributed by atoms with Crippen molar-refractivity contribution < 1.29 is 13.9 Å². The molecule has 0 aliphatic heterocycles. The van der Waals surface area contributed by atoms with Gasteiger partial charge < -0.3 is 14.5 Å². The zero-order valence-electron chi connectivity index (χ0n) is 16.3. The van der Waals surface area contributed by atoms with Crippen LogP contribution in [0.2, 0.25) is 0 Å². The quantitative estimate of drug-likeness (QED) is 0.535. The van der Waals surface area contributed by atoms with Crippen LogP contribution in [0.15, 0.2) is 71.4 Å². The van der Waals surface area contributed by atoms with Gasteiger partial charge in [-0.15, -0.1) is 0 Å². The van der Waals surface area contributed by atoms with E-state index >= 15 is 0 Å². The monoisotopic (exact) mass is 387 g/mol. The van der Waals surface area contributed by atoms with Crippen LogP contribution in [0.5, 0.6) is 5.75 Å². The summed E-state index contributed by atoms with van der Waals surface area (Å²) in [5.41, 5.74) is 3.69.